The average Bonchev–Trinajstić information content (AvgIpc) is 1.62. The summed E-state index contributed by atoms with van der Waals surface area (Å²) in [6, 6.07) is 0. The van der Waals surface area contributed by atoms with Crippen LogP contribution in [-0.2, 0) is 0 Å². The molecule has 0 aromatic heterocycles. The molecule has 0 spiro atoms. The van der Waals surface area contributed by atoms with Gasteiger partial charge in [-0.25, -0.2) is 0 Å². The first-order chi connectivity index (χ1) is 3.48. The fourth-order valence-electron chi connectivity index (χ4n) is 0.258. The van der Waals surface area contributed by atoms with E-state index in [1.54, 1.807) is 0 Å². The van der Waals surface area contributed by atoms with Crippen LogP contribution in [-0.4, -0.2) is 22.3 Å². The Balaban J connectivity index is -0.000000245. The van der Waals surface area contributed by atoms with Crippen LogP contribution in [0.25, 0.3) is 0 Å². The van der Waals surface area contributed by atoms with Crippen molar-refractivity contribution in [2.24, 2.45) is 0 Å². The molecule has 4 nitrogen and oxygen atoms in total. The van der Waals surface area contributed by atoms with Crippen molar-refractivity contribution < 1.29 is 101 Å². The zero-order chi connectivity index (χ0) is 6.78. The van der Waals surface area contributed by atoms with Gasteiger partial charge in [0.05, 0.1) is 6.10 Å². The Morgan fingerprint density at radius 1 is 1.50 bits per heavy atom. The van der Waals surface area contributed by atoms with E-state index in [4.69, 9.17) is 10.2 Å². The number of aliphatic hydroxyl groups excluding tert-OH is 1. The van der Waals surface area contributed by atoms with Crippen LogP contribution in [0.15, 0.2) is 0 Å². The molecular weight excluding hydrogens is 174 g/mol. The largest absolute Gasteiger partial charge is 1.00 e. The zero-order valence-corrected chi connectivity index (χ0v) is 11.6. The van der Waals surface area contributed by atoms with E-state index in [1.165, 1.54) is 6.92 Å². The van der Waals surface area contributed by atoms with Crippen molar-refractivity contribution >= 4 is 0 Å². The van der Waals surface area contributed by atoms with Crippen LogP contribution in [0.3, 0.4) is 0 Å². The fraction of sp³-hybridized carbons (Fsp3) is 1.00. The van der Waals surface area contributed by atoms with Gasteiger partial charge in [0, 0.05) is 0 Å². The minimum absolute atomic E-state index is 0. The third-order valence-electron chi connectivity index (χ3n) is 0.808. The van der Waals surface area contributed by atoms with Gasteiger partial charge in [0.15, 0.2) is 0 Å². The fourth-order valence-corrected chi connectivity index (χ4v) is 0.258. The normalized spacial score (nSPS) is 12.9. The Morgan fingerprint density at radius 2 is 1.80 bits per heavy atom. The van der Waals surface area contributed by atoms with E-state index in [-0.39, 0.29) is 87.4 Å². The molecule has 0 aromatic rings. The molecule has 0 aliphatic carbocycles. The molecule has 0 aliphatic heterocycles. The molecule has 0 saturated heterocycles. The summed E-state index contributed by atoms with van der Waals surface area (Å²) in [7, 11) is 0. The second-order valence-electron chi connectivity index (χ2n) is 1.55. The van der Waals surface area contributed by atoms with E-state index < -0.39 is 12.1 Å². The Labute approximate surface area is 124 Å². The minimum atomic E-state index is -3.44. The monoisotopic (exact) mass is 182 g/mol. The van der Waals surface area contributed by atoms with Gasteiger partial charge in [0.2, 0.25) is 0 Å². The second-order valence-corrected chi connectivity index (χ2v) is 1.55. The van der Waals surface area contributed by atoms with Crippen LogP contribution in [0, 0.1) is 0 Å². The third kappa shape index (κ3) is 8.57. The van der Waals surface area contributed by atoms with E-state index in [2.05, 4.69) is 0 Å². The predicted octanol–water partition coefficient (Wildman–Crippen LogP) is -8.87. The van der Waals surface area contributed by atoms with E-state index in [9.17, 15) is 10.2 Å². The Morgan fingerprint density at radius 3 is 1.80 bits per heavy atom. The van der Waals surface area contributed by atoms with Crippen molar-refractivity contribution in [3.8, 4) is 0 Å². The van der Waals surface area contributed by atoms with Crippen LogP contribution < -0.4 is 91.2 Å². The summed E-state index contributed by atoms with van der Waals surface area (Å²) in [6.45, 7) is 1.44. The maximum atomic E-state index is 9.78. The van der Waals surface area contributed by atoms with Crippen molar-refractivity contribution in [3.05, 3.63) is 0 Å². The van der Waals surface area contributed by atoms with Crippen molar-refractivity contribution in [3.63, 3.8) is 0 Å². The van der Waals surface area contributed by atoms with Gasteiger partial charge in [-0.1, -0.05) is 12.9 Å². The first-order valence-corrected chi connectivity index (χ1v) is 2.29. The van der Waals surface area contributed by atoms with Gasteiger partial charge in [0.25, 0.3) is 0 Å². The Bertz CT molecular complexity index is 74.1. The molecule has 0 aliphatic rings. The SMILES string of the molecule is CCC(O)C([O-])([O-])O.[K+].[Na+]. The van der Waals surface area contributed by atoms with Crippen LogP contribution >= 0.6 is 0 Å². The smallest absolute Gasteiger partial charge is 0.840 e. The molecule has 0 saturated carbocycles. The molecule has 0 bridgehead atoms. The van der Waals surface area contributed by atoms with Crippen molar-refractivity contribution in [2.45, 2.75) is 25.4 Å². The molecule has 1 unspecified atom stereocenters. The van der Waals surface area contributed by atoms with Crippen LogP contribution in [0.1, 0.15) is 13.3 Å². The van der Waals surface area contributed by atoms with Gasteiger partial charge >= 0.3 is 80.9 Å². The van der Waals surface area contributed by atoms with E-state index in [0.29, 0.717) is 0 Å². The van der Waals surface area contributed by atoms with Gasteiger partial charge in [-0.2, -0.15) is 0 Å². The first-order valence-electron chi connectivity index (χ1n) is 2.29. The standard InChI is InChI=1S/C4H8O4.K.Na/c1-2-3(5)4(6,7)8;;/h3,5-6H,2H2,1H3;;/q-2;2*+1. The van der Waals surface area contributed by atoms with E-state index in [0.717, 1.165) is 0 Å². The van der Waals surface area contributed by atoms with Gasteiger partial charge < -0.3 is 20.4 Å². The van der Waals surface area contributed by atoms with Gasteiger partial charge in [-0.15, -0.1) is 0 Å². The molecule has 50 valence electrons. The number of hydrogen-bond donors (Lipinski definition) is 2. The molecule has 1 atom stereocenters. The Hall–Kier alpha value is 2.48. The van der Waals surface area contributed by atoms with Crippen molar-refractivity contribution in [1.29, 1.82) is 0 Å². The van der Waals surface area contributed by atoms with Crippen LogP contribution in [0.2, 0.25) is 0 Å². The maximum absolute atomic E-state index is 9.78. The van der Waals surface area contributed by atoms with Gasteiger partial charge in [-0.3, -0.25) is 0 Å². The summed E-state index contributed by atoms with van der Waals surface area (Å²) in [5, 5.41) is 35.8. The molecule has 10 heavy (non-hydrogen) atoms. The van der Waals surface area contributed by atoms with Crippen molar-refractivity contribution in [2.75, 3.05) is 0 Å². The molecular formula is C4H8KNaO4. The molecule has 2 N–H and O–H groups in total. The summed E-state index contributed by atoms with van der Waals surface area (Å²) < 4.78 is 0. The average molecular weight is 182 g/mol. The number of aliphatic hydroxyl groups is 2. The maximum Gasteiger partial charge on any atom is 1.00 e. The van der Waals surface area contributed by atoms with E-state index in [1.807, 2.05) is 0 Å². The van der Waals surface area contributed by atoms with E-state index >= 15 is 0 Å². The van der Waals surface area contributed by atoms with Gasteiger partial charge in [-0.05, 0) is 6.42 Å². The van der Waals surface area contributed by atoms with Crippen LogP contribution in [0.5, 0.6) is 0 Å². The number of hydrogen-bond acceptors (Lipinski definition) is 4. The molecule has 0 heterocycles. The molecule has 0 aromatic carbocycles. The molecule has 0 fully saturated rings. The van der Waals surface area contributed by atoms with Gasteiger partial charge in [0.1, 0.15) is 0 Å². The summed E-state index contributed by atoms with van der Waals surface area (Å²) >= 11 is 0. The molecule has 0 amide bonds. The third-order valence-corrected chi connectivity index (χ3v) is 0.808. The topological polar surface area (TPSA) is 86.6 Å². The summed E-state index contributed by atoms with van der Waals surface area (Å²) in [6.07, 6.45) is -1.73. The second kappa shape index (κ2) is 8.09. The molecule has 0 rings (SSSR count). The van der Waals surface area contributed by atoms with Crippen molar-refractivity contribution in [1.82, 2.24) is 0 Å². The Kier molecular flexibility index (Phi) is 14.8. The predicted molar refractivity (Wildman–Crippen MR) is 21.2 cm³/mol. The summed E-state index contributed by atoms with van der Waals surface area (Å²) in [4.78, 5) is 0. The molecule has 0 radical (unpaired) electrons. The quantitative estimate of drug-likeness (QED) is 0.328. The summed E-state index contributed by atoms with van der Waals surface area (Å²) in [5.74, 6) is -3.44. The minimum Gasteiger partial charge on any atom is -0.840 e. The van der Waals surface area contributed by atoms with Crippen LogP contribution in [0.4, 0.5) is 0 Å². The molecule has 6 heteroatoms. The number of rotatable bonds is 2. The zero-order valence-electron chi connectivity index (χ0n) is 6.50. The summed E-state index contributed by atoms with van der Waals surface area (Å²) in [5.41, 5.74) is 0. The first kappa shape index (κ1) is 18.3.